The Balaban J connectivity index is 1.61. The average molecular weight is 312 g/mol. The van der Waals surface area contributed by atoms with Gasteiger partial charge in [-0.25, -0.2) is 4.39 Å². The summed E-state index contributed by atoms with van der Waals surface area (Å²) in [6.07, 6.45) is 0.516. The third kappa shape index (κ3) is 4.39. The largest absolute Gasteiger partial charge is 0.337 e. The number of nitrogens with zero attached hydrogens (tertiary/aromatic N) is 2. The molecule has 1 amide bonds. The zero-order valence-corrected chi connectivity index (χ0v) is 13.1. The molecule has 3 nitrogen and oxygen atoms in total. The Kier molecular flexibility index (Phi) is 5.03. The van der Waals surface area contributed by atoms with Crippen molar-refractivity contribution in [1.82, 2.24) is 9.80 Å². The molecule has 0 N–H and O–H groups in total. The van der Waals surface area contributed by atoms with Crippen molar-refractivity contribution in [3.8, 4) is 0 Å². The minimum Gasteiger partial charge on any atom is -0.337 e. The summed E-state index contributed by atoms with van der Waals surface area (Å²) < 4.78 is 13.3. The highest BCUT2D eigenvalue weighted by Gasteiger charge is 2.21. The summed E-state index contributed by atoms with van der Waals surface area (Å²) in [6.45, 7) is 3.64. The zero-order chi connectivity index (χ0) is 16.1. The van der Waals surface area contributed by atoms with Crippen LogP contribution >= 0.6 is 0 Å². The first kappa shape index (κ1) is 15.7. The van der Waals surface area contributed by atoms with Crippen molar-refractivity contribution >= 4 is 5.91 Å². The van der Waals surface area contributed by atoms with Crippen LogP contribution in [0.15, 0.2) is 54.6 Å². The predicted molar refractivity (Wildman–Crippen MR) is 88.2 cm³/mol. The summed E-state index contributed by atoms with van der Waals surface area (Å²) in [7, 11) is 0. The van der Waals surface area contributed by atoms with E-state index in [2.05, 4.69) is 17.0 Å². The van der Waals surface area contributed by atoms with Gasteiger partial charge in [-0.2, -0.15) is 0 Å². The molecule has 3 rings (SSSR count). The Morgan fingerprint density at radius 2 is 1.65 bits per heavy atom. The summed E-state index contributed by atoms with van der Waals surface area (Å²) in [5.41, 5.74) is 2.10. The van der Waals surface area contributed by atoms with Crippen molar-refractivity contribution in [1.29, 1.82) is 0 Å². The van der Waals surface area contributed by atoms with E-state index in [1.165, 1.54) is 17.7 Å². The highest BCUT2D eigenvalue weighted by molar-refractivity contribution is 5.76. The Morgan fingerprint density at radius 3 is 2.43 bits per heavy atom. The average Bonchev–Trinajstić information content (AvgIpc) is 2.72. The molecule has 0 aliphatic carbocycles. The van der Waals surface area contributed by atoms with Crippen molar-refractivity contribution in [3.05, 3.63) is 71.5 Å². The first-order valence-electron chi connectivity index (χ1n) is 7.99. The second kappa shape index (κ2) is 7.38. The van der Waals surface area contributed by atoms with Gasteiger partial charge in [-0.1, -0.05) is 42.5 Å². The van der Waals surface area contributed by atoms with Crippen LogP contribution in [-0.4, -0.2) is 35.3 Å². The van der Waals surface area contributed by atoms with E-state index in [0.717, 1.165) is 25.2 Å². The molecule has 0 bridgehead atoms. The summed E-state index contributed by atoms with van der Waals surface area (Å²) in [5, 5.41) is 0. The van der Waals surface area contributed by atoms with Gasteiger partial charge in [-0.15, -0.1) is 0 Å². The van der Waals surface area contributed by atoms with Crippen LogP contribution in [0.5, 0.6) is 0 Å². The molecular formula is C19H21FN2O. The molecule has 0 radical (unpaired) electrons. The van der Waals surface area contributed by atoms with Gasteiger partial charge in [0.05, 0.1) is 0 Å². The molecule has 1 heterocycles. The number of hydrogen-bond donors (Lipinski definition) is 0. The molecule has 1 fully saturated rings. The molecule has 0 atom stereocenters. The van der Waals surface area contributed by atoms with Gasteiger partial charge in [0.2, 0.25) is 5.91 Å². The molecule has 1 aliphatic heterocycles. The quantitative estimate of drug-likeness (QED) is 0.866. The maximum atomic E-state index is 13.3. The lowest BCUT2D eigenvalue weighted by atomic mass is 10.2. The van der Waals surface area contributed by atoms with Gasteiger partial charge in [0.15, 0.2) is 0 Å². The van der Waals surface area contributed by atoms with Gasteiger partial charge >= 0.3 is 0 Å². The molecule has 2 aromatic rings. The Labute approximate surface area is 136 Å². The molecule has 23 heavy (non-hydrogen) atoms. The molecule has 0 aromatic heterocycles. The Hall–Kier alpha value is -2.20. The van der Waals surface area contributed by atoms with E-state index in [-0.39, 0.29) is 11.7 Å². The molecule has 2 aromatic carbocycles. The second-order valence-electron chi connectivity index (χ2n) is 5.96. The first-order chi connectivity index (χ1) is 11.2. The molecule has 0 spiro atoms. The van der Waals surface area contributed by atoms with Crippen LogP contribution < -0.4 is 0 Å². The van der Waals surface area contributed by atoms with Gasteiger partial charge in [0.25, 0.3) is 0 Å². The molecule has 120 valence electrons. The molecule has 4 heteroatoms. The molecule has 0 unspecified atom stereocenters. The first-order valence-corrected chi connectivity index (χ1v) is 7.99. The monoisotopic (exact) mass is 312 g/mol. The van der Waals surface area contributed by atoms with Crippen molar-refractivity contribution in [2.75, 3.05) is 19.6 Å². The fourth-order valence-corrected chi connectivity index (χ4v) is 2.93. The Morgan fingerprint density at radius 1 is 0.870 bits per heavy atom. The fraction of sp³-hybridized carbons (Fsp3) is 0.316. The van der Waals surface area contributed by atoms with Crippen LogP contribution in [0.4, 0.5) is 4.39 Å². The van der Waals surface area contributed by atoms with Crippen molar-refractivity contribution in [2.24, 2.45) is 0 Å². The number of rotatable bonds is 4. The van der Waals surface area contributed by atoms with E-state index in [1.54, 1.807) is 6.07 Å². The lowest BCUT2D eigenvalue weighted by molar-refractivity contribution is -0.130. The molecule has 1 aliphatic rings. The smallest absolute Gasteiger partial charge is 0.224 e. The van der Waals surface area contributed by atoms with E-state index in [9.17, 15) is 9.18 Å². The van der Waals surface area contributed by atoms with Crippen LogP contribution in [-0.2, 0) is 17.9 Å². The number of benzene rings is 2. The van der Waals surface area contributed by atoms with Gasteiger partial charge in [0.1, 0.15) is 5.82 Å². The highest BCUT2D eigenvalue weighted by atomic mass is 19.1. The maximum Gasteiger partial charge on any atom is 0.224 e. The van der Waals surface area contributed by atoms with Gasteiger partial charge in [-0.05, 0) is 23.3 Å². The topological polar surface area (TPSA) is 23.6 Å². The van der Waals surface area contributed by atoms with Crippen molar-refractivity contribution in [3.63, 3.8) is 0 Å². The maximum absolute atomic E-state index is 13.3. The molecular weight excluding hydrogens is 291 g/mol. The third-order valence-corrected chi connectivity index (χ3v) is 4.19. The SMILES string of the molecule is O=C1CCN(Cc2ccccc2)CCN1Cc1cccc(F)c1. The van der Waals surface area contributed by atoms with Crippen molar-refractivity contribution < 1.29 is 9.18 Å². The van der Waals surface area contributed by atoms with Gasteiger partial charge in [-0.3, -0.25) is 9.69 Å². The summed E-state index contributed by atoms with van der Waals surface area (Å²) in [4.78, 5) is 16.4. The molecule has 1 saturated heterocycles. The lowest BCUT2D eigenvalue weighted by Crippen LogP contribution is -2.32. The predicted octanol–water partition coefficient (Wildman–Crippen LogP) is 3.06. The summed E-state index contributed by atoms with van der Waals surface area (Å²) in [6, 6.07) is 16.8. The van der Waals surface area contributed by atoms with E-state index in [1.807, 2.05) is 29.2 Å². The number of carbonyl (C=O) groups is 1. The fourth-order valence-electron chi connectivity index (χ4n) is 2.93. The molecule has 0 saturated carbocycles. The van der Waals surface area contributed by atoms with Crippen LogP contribution in [0.1, 0.15) is 17.5 Å². The summed E-state index contributed by atoms with van der Waals surface area (Å²) >= 11 is 0. The minimum atomic E-state index is -0.254. The Bertz CT molecular complexity index is 659. The van der Waals surface area contributed by atoms with Gasteiger partial charge < -0.3 is 4.90 Å². The minimum absolute atomic E-state index is 0.143. The highest BCUT2D eigenvalue weighted by Crippen LogP contribution is 2.13. The third-order valence-electron chi connectivity index (χ3n) is 4.19. The normalized spacial score (nSPS) is 16.4. The number of carbonyl (C=O) groups excluding carboxylic acids is 1. The standard InChI is InChI=1S/C19H21FN2O/c20-18-8-4-7-17(13-18)15-22-12-11-21(10-9-19(22)23)14-16-5-2-1-3-6-16/h1-8,13H,9-12,14-15H2. The van der Waals surface area contributed by atoms with Gasteiger partial charge in [0, 0.05) is 39.1 Å². The van der Waals surface area contributed by atoms with E-state index in [0.29, 0.717) is 19.5 Å². The lowest BCUT2D eigenvalue weighted by Gasteiger charge is -2.22. The zero-order valence-electron chi connectivity index (χ0n) is 13.1. The number of hydrogen-bond acceptors (Lipinski definition) is 2. The number of amides is 1. The van der Waals surface area contributed by atoms with Crippen molar-refractivity contribution in [2.45, 2.75) is 19.5 Å². The van der Waals surface area contributed by atoms with Crippen LogP contribution in [0.2, 0.25) is 0 Å². The van der Waals surface area contributed by atoms with E-state index >= 15 is 0 Å². The second-order valence-corrected chi connectivity index (χ2v) is 5.96. The van der Waals surface area contributed by atoms with E-state index in [4.69, 9.17) is 0 Å². The van der Waals surface area contributed by atoms with E-state index < -0.39 is 0 Å². The summed E-state index contributed by atoms with van der Waals surface area (Å²) in [5.74, 6) is -0.111. The van der Waals surface area contributed by atoms with Crippen LogP contribution in [0.25, 0.3) is 0 Å². The number of halogens is 1. The van der Waals surface area contributed by atoms with Crippen LogP contribution in [0.3, 0.4) is 0 Å². The van der Waals surface area contributed by atoms with Crippen LogP contribution in [0, 0.1) is 5.82 Å².